The largest absolute Gasteiger partial charge is 0.478 e. The van der Waals surface area contributed by atoms with Crippen LogP contribution in [-0.4, -0.2) is 58.8 Å². The van der Waals surface area contributed by atoms with Gasteiger partial charge in [0.15, 0.2) is 0 Å². The highest BCUT2D eigenvalue weighted by Gasteiger charge is 2.31. The van der Waals surface area contributed by atoms with Gasteiger partial charge in [-0.2, -0.15) is 0 Å². The predicted molar refractivity (Wildman–Crippen MR) is 161 cm³/mol. The minimum Gasteiger partial charge on any atom is -0.478 e. The number of ether oxygens (including phenoxy) is 2. The monoisotopic (exact) mass is 624 g/mol. The van der Waals surface area contributed by atoms with Crippen LogP contribution in [0.3, 0.4) is 0 Å². The van der Waals surface area contributed by atoms with E-state index in [1.54, 1.807) is 24.3 Å². The van der Waals surface area contributed by atoms with Crippen molar-refractivity contribution >= 4 is 32.9 Å². The summed E-state index contributed by atoms with van der Waals surface area (Å²) >= 11 is 0. The van der Waals surface area contributed by atoms with Crippen LogP contribution in [0.15, 0.2) is 65.1 Å². The molecule has 1 aliphatic rings. The van der Waals surface area contributed by atoms with Crippen LogP contribution in [-0.2, 0) is 31.9 Å². The molecule has 0 radical (unpaired) electrons. The van der Waals surface area contributed by atoms with Crippen LogP contribution in [0.1, 0.15) is 56.2 Å². The van der Waals surface area contributed by atoms with Crippen LogP contribution in [0, 0.1) is 5.82 Å². The summed E-state index contributed by atoms with van der Waals surface area (Å²) < 4.78 is 59.3. The Morgan fingerprint density at radius 2 is 1.77 bits per heavy atom. The van der Waals surface area contributed by atoms with Crippen LogP contribution < -0.4 is 10.0 Å². The van der Waals surface area contributed by atoms with Gasteiger partial charge in [-0.1, -0.05) is 12.1 Å². The zero-order valence-corrected chi connectivity index (χ0v) is 24.9. The van der Waals surface area contributed by atoms with Crippen molar-refractivity contribution < 1.29 is 41.4 Å². The third-order valence-electron chi connectivity index (χ3n) is 7.26. The summed E-state index contributed by atoms with van der Waals surface area (Å²) in [6, 6.07) is 15.6. The Balaban J connectivity index is 1.20. The van der Waals surface area contributed by atoms with Gasteiger partial charge in [0.25, 0.3) is 5.91 Å². The normalized spacial score (nSPS) is 13.3. The highest BCUT2D eigenvalue weighted by atomic mass is 32.2. The summed E-state index contributed by atoms with van der Waals surface area (Å²) in [7, 11) is -2.21. The van der Waals surface area contributed by atoms with Gasteiger partial charge < -0.3 is 24.3 Å². The third kappa shape index (κ3) is 7.69. The zero-order chi connectivity index (χ0) is 31.3. The van der Waals surface area contributed by atoms with E-state index in [1.165, 1.54) is 37.4 Å². The number of carbonyl (C=O) groups is 2. The number of carbonyl (C=O) groups excluding carboxylic acids is 1. The first kappa shape index (κ1) is 31.3. The second-order valence-corrected chi connectivity index (χ2v) is 12.3. The quantitative estimate of drug-likeness (QED) is 0.160. The summed E-state index contributed by atoms with van der Waals surface area (Å²) in [5.41, 5.74) is 3.59. The topological polar surface area (TPSA) is 144 Å². The molecular weight excluding hydrogens is 591 g/mol. The van der Waals surface area contributed by atoms with Gasteiger partial charge in [-0.3, -0.25) is 4.79 Å². The Morgan fingerprint density at radius 1 is 1.02 bits per heavy atom. The fraction of sp³-hybridized carbons (Fsp3) is 0.312. The molecule has 44 heavy (non-hydrogen) atoms. The van der Waals surface area contributed by atoms with Crippen LogP contribution in [0.25, 0.3) is 22.3 Å². The molecule has 12 heteroatoms. The molecule has 3 aromatic carbocycles. The Labute approximate surface area is 254 Å². The second kappa shape index (κ2) is 13.7. The standard InChI is InChI=1S/C32H33FN2O8S/c1-34-31(36)29-27-17-26(21-5-6-21)24(16-28(27)43-30(29)22-7-9-25(33)10-8-22)19-44(39,40)35-11-12-41-13-14-42-18-20-3-2-4-23(15-20)32(37)38/h2-4,7-10,15-17,21,35H,5-6,11-14,18-19H2,1H3,(H,34,36)(H,37,38). The first-order valence-corrected chi connectivity index (χ1v) is 15.8. The Kier molecular flexibility index (Phi) is 9.74. The Morgan fingerprint density at radius 3 is 2.48 bits per heavy atom. The number of carboxylic acids is 1. The summed E-state index contributed by atoms with van der Waals surface area (Å²) in [6.07, 6.45) is 1.84. The molecule has 0 bridgehead atoms. The molecule has 1 aliphatic carbocycles. The molecular formula is C32H33FN2O8S. The van der Waals surface area contributed by atoms with E-state index in [-0.39, 0.29) is 61.9 Å². The summed E-state index contributed by atoms with van der Waals surface area (Å²) in [5.74, 6) is -1.56. The fourth-order valence-electron chi connectivity index (χ4n) is 4.99. The van der Waals surface area contributed by atoms with E-state index in [2.05, 4.69) is 10.0 Å². The van der Waals surface area contributed by atoms with Gasteiger partial charge in [0.1, 0.15) is 17.2 Å². The maximum absolute atomic E-state index is 13.6. The molecule has 1 fully saturated rings. The third-order valence-corrected chi connectivity index (χ3v) is 8.59. The fourth-order valence-corrected chi connectivity index (χ4v) is 6.14. The maximum atomic E-state index is 13.6. The van der Waals surface area contributed by atoms with Gasteiger partial charge in [0.05, 0.1) is 43.3 Å². The molecule has 0 saturated heterocycles. The number of carboxylic acid groups (broad SMARTS) is 1. The van der Waals surface area contributed by atoms with Crippen molar-refractivity contribution in [3.8, 4) is 11.3 Å². The predicted octanol–water partition coefficient (Wildman–Crippen LogP) is 4.83. The van der Waals surface area contributed by atoms with E-state index in [1.807, 2.05) is 6.07 Å². The van der Waals surface area contributed by atoms with Gasteiger partial charge in [0, 0.05) is 24.5 Å². The number of nitrogens with one attached hydrogen (secondary N) is 2. The molecule has 1 aromatic heterocycles. The molecule has 4 aromatic rings. The van der Waals surface area contributed by atoms with Gasteiger partial charge in [-0.05, 0) is 84.0 Å². The average Bonchev–Trinajstić information content (AvgIpc) is 3.78. The van der Waals surface area contributed by atoms with Crippen molar-refractivity contribution in [3.63, 3.8) is 0 Å². The number of sulfonamides is 1. The second-order valence-electron chi connectivity index (χ2n) is 10.5. The smallest absolute Gasteiger partial charge is 0.335 e. The molecule has 1 saturated carbocycles. The van der Waals surface area contributed by atoms with Gasteiger partial charge >= 0.3 is 5.97 Å². The summed E-state index contributed by atoms with van der Waals surface area (Å²) in [6.45, 7) is 0.943. The zero-order valence-electron chi connectivity index (χ0n) is 24.1. The van der Waals surface area contributed by atoms with Gasteiger partial charge in [0.2, 0.25) is 10.0 Å². The molecule has 0 unspecified atom stereocenters. The number of benzene rings is 3. The van der Waals surface area contributed by atoms with E-state index in [0.717, 1.165) is 24.0 Å². The number of hydrogen-bond acceptors (Lipinski definition) is 7. The highest BCUT2D eigenvalue weighted by molar-refractivity contribution is 7.88. The van der Waals surface area contributed by atoms with Gasteiger partial charge in [-0.15, -0.1) is 0 Å². The van der Waals surface area contributed by atoms with E-state index >= 15 is 0 Å². The number of furan rings is 1. The lowest BCUT2D eigenvalue weighted by molar-refractivity contribution is 0.0426. The number of hydrogen-bond donors (Lipinski definition) is 3. The summed E-state index contributed by atoms with van der Waals surface area (Å²) in [5, 5.41) is 12.3. The van der Waals surface area contributed by atoms with Crippen molar-refractivity contribution in [1.82, 2.24) is 10.0 Å². The lowest BCUT2D eigenvalue weighted by atomic mass is 9.98. The Hall–Kier alpha value is -4.10. The number of aromatic carboxylic acids is 1. The van der Waals surface area contributed by atoms with Crippen LogP contribution in [0.2, 0.25) is 0 Å². The molecule has 1 heterocycles. The number of halogens is 1. The minimum atomic E-state index is -3.73. The number of fused-ring (bicyclic) bond motifs is 1. The highest BCUT2D eigenvalue weighted by Crippen LogP contribution is 2.45. The van der Waals surface area contributed by atoms with Crippen molar-refractivity contribution in [2.24, 2.45) is 0 Å². The molecule has 10 nitrogen and oxygen atoms in total. The maximum Gasteiger partial charge on any atom is 0.335 e. The minimum absolute atomic E-state index is 0.0697. The SMILES string of the molecule is CNC(=O)c1c(-c2ccc(F)cc2)oc2cc(CS(=O)(=O)NCCOCCOCc3cccc(C(=O)O)c3)c(C3CC3)cc12. The van der Waals surface area contributed by atoms with Crippen molar-refractivity contribution in [3.05, 3.63) is 94.3 Å². The van der Waals surface area contributed by atoms with Crippen molar-refractivity contribution in [1.29, 1.82) is 0 Å². The van der Waals surface area contributed by atoms with Crippen LogP contribution >= 0.6 is 0 Å². The van der Waals surface area contributed by atoms with Crippen LogP contribution in [0.4, 0.5) is 4.39 Å². The van der Waals surface area contributed by atoms with E-state index in [9.17, 15) is 22.4 Å². The Bertz CT molecular complexity index is 1770. The number of amides is 1. The van der Waals surface area contributed by atoms with Crippen molar-refractivity contribution in [2.45, 2.75) is 31.1 Å². The molecule has 0 spiro atoms. The lowest BCUT2D eigenvalue weighted by Crippen LogP contribution is -2.29. The molecule has 0 atom stereocenters. The van der Waals surface area contributed by atoms with Crippen LogP contribution in [0.5, 0.6) is 0 Å². The average molecular weight is 625 g/mol. The first-order chi connectivity index (χ1) is 21.1. The van der Waals surface area contributed by atoms with E-state index in [0.29, 0.717) is 27.7 Å². The molecule has 1 amide bonds. The molecule has 232 valence electrons. The van der Waals surface area contributed by atoms with E-state index in [4.69, 9.17) is 19.0 Å². The first-order valence-electron chi connectivity index (χ1n) is 14.2. The molecule has 5 rings (SSSR count). The van der Waals surface area contributed by atoms with Gasteiger partial charge in [-0.25, -0.2) is 22.3 Å². The molecule has 3 N–H and O–H groups in total. The summed E-state index contributed by atoms with van der Waals surface area (Å²) in [4.78, 5) is 24.0. The van der Waals surface area contributed by atoms with Crippen molar-refractivity contribution in [2.75, 3.05) is 33.4 Å². The lowest BCUT2D eigenvalue weighted by Gasteiger charge is -2.12. The van der Waals surface area contributed by atoms with E-state index < -0.39 is 21.8 Å². The molecule has 0 aliphatic heterocycles. The number of rotatable bonds is 15.